The molecule has 0 amide bonds. The van der Waals surface area contributed by atoms with Gasteiger partial charge < -0.3 is 4.84 Å². The Bertz CT molecular complexity index is 433. The molecule has 78 valence electrons. The Kier molecular flexibility index (Phi) is 2.68. The van der Waals surface area contributed by atoms with Crippen LogP contribution in [0.2, 0.25) is 0 Å². The predicted octanol–water partition coefficient (Wildman–Crippen LogP) is 2.76. The zero-order valence-electron chi connectivity index (χ0n) is 7.59. The van der Waals surface area contributed by atoms with Crippen LogP contribution < -0.4 is 0 Å². The quantitative estimate of drug-likeness (QED) is 0.613. The highest BCUT2D eigenvalue weighted by Gasteiger charge is 2.22. The van der Waals surface area contributed by atoms with E-state index in [0.29, 0.717) is 6.42 Å². The van der Waals surface area contributed by atoms with Crippen LogP contribution in [0.3, 0.4) is 0 Å². The second-order valence-corrected chi connectivity index (χ2v) is 4.03. The molecule has 1 unspecified atom stereocenters. The van der Waals surface area contributed by atoms with Crippen molar-refractivity contribution in [3.63, 3.8) is 0 Å². The second-order valence-electron chi connectivity index (χ2n) is 3.12. The molecule has 0 bridgehead atoms. The largest absolute Gasteiger partial charge is 0.386 e. The van der Waals surface area contributed by atoms with Crippen LogP contribution >= 0.6 is 15.9 Å². The van der Waals surface area contributed by atoms with Crippen molar-refractivity contribution < 1.29 is 9.76 Å². The molecule has 0 saturated heterocycles. The van der Waals surface area contributed by atoms with Crippen molar-refractivity contribution in [3.8, 4) is 0 Å². The molecule has 2 rings (SSSR count). The minimum atomic E-state index is -0.422. The van der Waals surface area contributed by atoms with Crippen LogP contribution in [0, 0.1) is 10.1 Å². The van der Waals surface area contributed by atoms with Gasteiger partial charge in [0, 0.05) is 24.1 Å². The first-order valence-corrected chi connectivity index (χ1v) is 5.08. The summed E-state index contributed by atoms with van der Waals surface area (Å²) in [5, 5.41) is 14.3. The Hall–Kier alpha value is -1.43. The maximum atomic E-state index is 10.6. The summed E-state index contributed by atoms with van der Waals surface area (Å²) < 4.78 is 0.721. The lowest BCUT2D eigenvalue weighted by Gasteiger charge is -2.07. The van der Waals surface area contributed by atoms with Gasteiger partial charge in [-0.3, -0.25) is 10.1 Å². The Labute approximate surface area is 94.0 Å². The number of non-ortho nitro benzene ring substituents is 1. The number of hydrogen-bond donors (Lipinski definition) is 0. The summed E-state index contributed by atoms with van der Waals surface area (Å²) in [4.78, 5) is 15.2. The summed E-state index contributed by atoms with van der Waals surface area (Å²) in [6, 6.07) is 6.39. The van der Waals surface area contributed by atoms with E-state index in [9.17, 15) is 10.1 Å². The van der Waals surface area contributed by atoms with Crippen LogP contribution in [-0.4, -0.2) is 9.54 Å². The lowest BCUT2D eigenvalue weighted by atomic mass is 10.1. The van der Waals surface area contributed by atoms with Gasteiger partial charge in [-0.05, 0) is 15.9 Å². The number of oxime groups is 1. The van der Waals surface area contributed by atoms with E-state index in [0.717, 1.165) is 10.2 Å². The zero-order chi connectivity index (χ0) is 10.8. The number of benzene rings is 1. The van der Waals surface area contributed by atoms with Gasteiger partial charge in [0.1, 0.15) is 4.62 Å². The average molecular weight is 271 g/mol. The van der Waals surface area contributed by atoms with Gasteiger partial charge in [0.15, 0.2) is 6.10 Å². The fourth-order valence-electron chi connectivity index (χ4n) is 1.37. The number of halogens is 1. The van der Waals surface area contributed by atoms with E-state index in [4.69, 9.17) is 4.84 Å². The van der Waals surface area contributed by atoms with Crippen LogP contribution in [0.4, 0.5) is 5.69 Å². The Morgan fingerprint density at radius 1 is 1.60 bits per heavy atom. The maximum absolute atomic E-state index is 10.6. The van der Waals surface area contributed by atoms with Gasteiger partial charge in [-0.1, -0.05) is 17.3 Å². The van der Waals surface area contributed by atoms with E-state index in [2.05, 4.69) is 21.1 Å². The van der Waals surface area contributed by atoms with Crippen molar-refractivity contribution in [2.75, 3.05) is 0 Å². The van der Waals surface area contributed by atoms with Crippen molar-refractivity contribution in [2.45, 2.75) is 12.5 Å². The topological polar surface area (TPSA) is 64.7 Å². The molecule has 15 heavy (non-hydrogen) atoms. The van der Waals surface area contributed by atoms with Crippen LogP contribution in [-0.2, 0) is 4.84 Å². The minimum Gasteiger partial charge on any atom is -0.386 e. The first kappa shape index (κ1) is 10.1. The summed E-state index contributed by atoms with van der Waals surface area (Å²) in [5.74, 6) is 0. The zero-order valence-corrected chi connectivity index (χ0v) is 9.18. The monoisotopic (exact) mass is 270 g/mol. The van der Waals surface area contributed by atoms with E-state index in [-0.39, 0.29) is 11.8 Å². The highest BCUT2D eigenvalue weighted by atomic mass is 79.9. The first-order chi connectivity index (χ1) is 7.16. The normalized spacial score (nSPS) is 19.5. The van der Waals surface area contributed by atoms with E-state index < -0.39 is 4.92 Å². The molecule has 0 aliphatic carbocycles. The third-order valence-electron chi connectivity index (χ3n) is 2.09. The van der Waals surface area contributed by atoms with Crippen LogP contribution in [0.1, 0.15) is 18.1 Å². The molecular weight excluding hydrogens is 264 g/mol. The molecule has 1 aromatic rings. The molecule has 0 N–H and O–H groups in total. The Morgan fingerprint density at radius 3 is 3.00 bits per heavy atom. The number of hydrogen-bond acceptors (Lipinski definition) is 4. The van der Waals surface area contributed by atoms with Gasteiger partial charge >= 0.3 is 0 Å². The maximum Gasteiger partial charge on any atom is 0.269 e. The van der Waals surface area contributed by atoms with Crippen molar-refractivity contribution in [2.24, 2.45) is 5.16 Å². The Morgan fingerprint density at radius 2 is 2.40 bits per heavy atom. The highest BCUT2D eigenvalue weighted by Crippen LogP contribution is 2.30. The molecular formula is C9H7BrN2O3. The standard InChI is InChI=1S/C9H7BrN2O3/c10-9-5-8(15-11-9)6-2-1-3-7(4-6)12(13)14/h1-4,8H,5H2. The highest BCUT2D eigenvalue weighted by molar-refractivity contribution is 9.18. The minimum absolute atomic E-state index is 0.0686. The molecule has 0 spiro atoms. The molecule has 0 radical (unpaired) electrons. The molecule has 0 fully saturated rings. The molecule has 6 heteroatoms. The van der Waals surface area contributed by atoms with Crippen molar-refractivity contribution in [1.29, 1.82) is 0 Å². The van der Waals surface area contributed by atoms with Gasteiger partial charge in [0.05, 0.1) is 4.92 Å². The van der Waals surface area contributed by atoms with Gasteiger partial charge in [-0.15, -0.1) is 0 Å². The summed E-state index contributed by atoms with van der Waals surface area (Å²) in [5.41, 5.74) is 0.835. The molecule has 1 aliphatic rings. The smallest absolute Gasteiger partial charge is 0.269 e. The summed E-state index contributed by atoms with van der Waals surface area (Å²) in [6.07, 6.45) is 0.389. The number of rotatable bonds is 2. The second kappa shape index (κ2) is 3.98. The average Bonchev–Trinajstić information content (AvgIpc) is 2.65. The summed E-state index contributed by atoms with van der Waals surface area (Å²) in [6.45, 7) is 0. The molecule has 0 saturated carbocycles. The van der Waals surface area contributed by atoms with Crippen molar-refractivity contribution >= 4 is 26.2 Å². The van der Waals surface area contributed by atoms with Gasteiger partial charge in [-0.25, -0.2) is 0 Å². The van der Waals surface area contributed by atoms with Crippen molar-refractivity contribution in [1.82, 2.24) is 0 Å². The van der Waals surface area contributed by atoms with Crippen molar-refractivity contribution in [3.05, 3.63) is 39.9 Å². The third kappa shape index (κ3) is 2.15. The van der Waals surface area contributed by atoms with E-state index in [1.165, 1.54) is 12.1 Å². The molecule has 1 atom stereocenters. The van der Waals surface area contributed by atoms with E-state index in [1.807, 2.05) is 0 Å². The van der Waals surface area contributed by atoms with Crippen LogP contribution in [0.5, 0.6) is 0 Å². The number of nitrogens with zero attached hydrogens (tertiary/aromatic N) is 2. The Balaban J connectivity index is 2.23. The number of nitro groups is 1. The van der Waals surface area contributed by atoms with Crippen LogP contribution in [0.15, 0.2) is 29.4 Å². The first-order valence-electron chi connectivity index (χ1n) is 4.29. The molecule has 1 aromatic carbocycles. The molecule has 1 aliphatic heterocycles. The molecule has 1 heterocycles. The predicted molar refractivity (Wildman–Crippen MR) is 57.9 cm³/mol. The summed E-state index contributed by atoms with van der Waals surface area (Å²) >= 11 is 3.21. The lowest BCUT2D eigenvalue weighted by molar-refractivity contribution is -0.385. The van der Waals surface area contributed by atoms with Gasteiger partial charge in [0.2, 0.25) is 0 Å². The van der Waals surface area contributed by atoms with Gasteiger partial charge in [0.25, 0.3) is 5.69 Å². The fourth-order valence-corrected chi connectivity index (χ4v) is 1.74. The fraction of sp³-hybridized carbons (Fsp3) is 0.222. The lowest BCUT2D eigenvalue weighted by Crippen LogP contribution is -1.98. The molecule has 0 aromatic heterocycles. The van der Waals surface area contributed by atoms with E-state index in [1.54, 1.807) is 12.1 Å². The number of nitro benzene ring substituents is 1. The SMILES string of the molecule is O=[N+]([O-])c1cccc(C2CC(Br)=NO2)c1. The van der Waals surface area contributed by atoms with Crippen LogP contribution in [0.25, 0.3) is 0 Å². The third-order valence-corrected chi connectivity index (χ3v) is 2.55. The molecule has 5 nitrogen and oxygen atoms in total. The summed E-state index contributed by atoms with van der Waals surface area (Å²) in [7, 11) is 0. The van der Waals surface area contributed by atoms with Gasteiger partial charge in [-0.2, -0.15) is 0 Å². The van der Waals surface area contributed by atoms with E-state index >= 15 is 0 Å².